The van der Waals surface area contributed by atoms with Gasteiger partial charge in [0.15, 0.2) is 0 Å². The van der Waals surface area contributed by atoms with Crippen molar-refractivity contribution in [3.8, 4) is 5.75 Å². The number of aliphatic carboxylic acids is 2. The molecule has 0 saturated carbocycles. The van der Waals surface area contributed by atoms with E-state index in [0.717, 1.165) is 28.1 Å². The fraction of sp³-hybridized carbons (Fsp3) is 0.143. The van der Waals surface area contributed by atoms with Crippen LogP contribution >= 0.6 is 11.6 Å². The maximum atomic E-state index is 9.10. The van der Waals surface area contributed by atoms with Gasteiger partial charge in [0.2, 0.25) is 0 Å². The van der Waals surface area contributed by atoms with Crippen molar-refractivity contribution in [3.63, 3.8) is 0 Å². The number of rotatable bonds is 5. The van der Waals surface area contributed by atoms with Gasteiger partial charge in [-0.15, -0.1) is 0 Å². The van der Waals surface area contributed by atoms with Crippen LogP contribution in [0.3, 0.4) is 0 Å². The van der Waals surface area contributed by atoms with E-state index in [2.05, 4.69) is 18.2 Å². The third-order valence-electron chi connectivity index (χ3n) is 3.92. The van der Waals surface area contributed by atoms with Crippen LogP contribution in [0.2, 0.25) is 5.02 Å². The van der Waals surface area contributed by atoms with Gasteiger partial charge in [-0.1, -0.05) is 60.1 Å². The summed E-state index contributed by atoms with van der Waals surface area (Å²) < 4.78 is 5.93. The molecule has 0 heterocycles. The molecule has 0 fully saturated rings. The SMILES string of the molecule is NC(CCOc1cccc2ccccc12)c1ccc(Cl)cc1.O=C(O)C(=O)O. The molecule has 1 atom stereocenters. The fourth-order valence-corrected chi connectivity index (χ4v) is 2.62. The Morgan fingerprint density at radius 1 is 0.929 bits per heavy atom. The Balaban J connectivity index is 0.000000409. The van der Waals surface area contributed by atoms with E-state index < -0.39 is 11.9 Å². The van der Waals surface area contributed by atoms with E-state index in [0.29, 0.717) is 6.61 Å². The second-order valence-electron chi connectivity index (χ2n) is 5.88. The van der Waals surface area contributed by atoms with Gasteiger partial charge in [-0.05, 0) is 29.1 Å². The molecular weight excluding hydrogens is 382 g/mol. The molecule has 0 amide bonds. The molecule has 0 bridgehead atoms. The fourth-order valence-electron chi connectivity index (χ4n) is 2.49. The van der Waals surface area contributed by atoms with Crippen LogP contribution in [-0.4, -0.2) is 28.8 Å². The maximum Gasteiger partial charge on any atom is 0.414 e. The number of carboxylic acids is 2. The first-order chi connectivity index (χ1) is 13.4. The molecule has 4 N–H and O–H groups in total. The molecule has 0 aliphatic rings. The van der Waals surface area contributed by atoms with Crippen molar-refractivity contribution < 1.29 is 24.5 Å². The van der Waals surface area contributed by atoms with Gasteiger partial charge in [0.25, 0.3) is 0 Å². The summed E-state index contributed by atoms with van der Waals surface area (Å²) >= 11 is 5.89. The van der Waals surface area contributed by atoms with Crippen molar-refractivity contribution in [2.45, 2.75) is 12.5 Å². The van der Waals surface area contributed by atoms with E-state index in [1.54, 1.807) is 0 Å². The Hall–Kier alpha value is -3.09. The number of carbonyl (C=O) groups is 2. The molecule has 3 rings (SSSR count). The third-order valence-corrected chi connectivity index (χ3v) is 4.17. The van der Waals surface area contributed by atoms with E-state index in [9.17, 15) is 0 Å². The van der Waals surface area contributed by atoms with Crippen LogP contribution in [0.1, 0.15) is 18.0 Å². The molecule has 3 aromatic rings. The monoisotopic (exact) mass is 401 g/mol. The van der Waals surface area contributed by atoms with Crippen molar-refractivity contribution in [2.75, 3.05) is 6.61 Å². The Labute approximate surface area is 167 Å². The first kappa shape index (κ1) is 21.2. The van der Waals surface area contributed by atoms with Gasteiger partial charge in [0.05, 0.1) is 6.61 Å². The summed E-state index contributed by atoms with van der Waals surface area (Å²) in [7, 11) is 0. The average Bonchev–Trinajstić information content (AvgIpc) is 2.69. The van der Waals surface area contributed by atoms with Crippen LogP contribution < -0.4 is 10.5 Å². The van der Waals surface area contributed by atoms with Gasteiger partial charge in [0, 0.05) is 22.9 Å². The first-order valence-corrected chi connectivity index (χ1v) is 8.84. The van der Waals surface area contributed by atoms with Crippen molar-refractivity contribution >= 4 is 34.3 Å². The van der Waals surface area contributed by atoms with Crippen LogP contribution in [0.25, 0.3) is 10.8 Å². The van der Waals surface area contributed by atoms with Gasteiger partial charge in [-0.25, -0.2) is 9.59 Å². The number of fused-ring (bicyclic) bond motifs is 1. The summed E-state index contributed by atoms with van der Waals surface area (Å²) in [4.78, 5) is 18.2. The summed E-state index contributed by atoms with van der Waals surface area (Å²) in [6.45, 7) is 0.581. The minimum Gasteiger partial charge on any atom is -0.493 e. The van der Waals surface area contributed by atoms with Crippen molar-refractivity contribution in [1.29, 1.82) is 0 Å². The molecule has 0 aliphatic heterocycles. The van der Waals surface area contributed by atoms with E-state index >= 15 is 0 Å². The van der Waals surface area contributed by atoms with Crippen LogP contribution in [0.5, 0.6) is 5.75 Å². The van der Waals surface area contributed by atoms with Crippen LogP contribution in [-0.2, 0) is 9.59 Å². The van der Waals surface area contributed by atoms with E-state index in [4.69, 9.17) is 41.9 Å². The van der Waals surface area contributed by atoms with E-state index in [1.807, 2.05) is 48.5 Å². The van der Waals surface area contributed by atoms with E-state index in [-0.39, 0.29) is 6.04 Å². The van der Waals surface area contributed by atoms with Crippen molar-refractivity contribution in [2.24, 2.45) is 5.73 Å². The molecular formula is C21H20ClNO5. The molecule has 0 spiro atoms. The molecule has 0 aromatic heterocycles. The third kappa shape index (κ3) is 6.26. The highest BCUT2D eigenvalue weighted by molar-refractivity contribution is 6.30. The molecule has 0 aliphatic carbocycles. The quantitative estimate of drug-likeness (QED) is 0.555. The Kier molecular flexibility index (Phi) is 7.80. The lowest BCUT2D eigenvalue weighted by atomic mass is 10.1. The highest BCUT2D eigenvalue weighted by Gasteiger charge is 2.07. The molecule has 28 heavy (non-hydrogen) atoms. The Bertz CT molecular complexity index is 926. The zero-order valence-electron chi connectivity index (χ0n) is 14.9. The molecule has 6 nitrogen and oxygen atoms in total. The van der Waals surface area contributed by atoms with Gasteiger partial charge in [-0.2, -0.15) is 0 Å². The van der Waals surface area contributed by atoms with Crippen LogP contribution in [0.15, 0.2) is 66.7 Å². The van der Waals surface area contributed by atoms with Gasteiger partial charge in [0.1, 0.15) is 5.75 Å². The zero-order chi connectivity index (χ0) is 20.5. The minimum atomic E-state index is -1.82. The van der Waals surface area contributed by atoms with Crippen molar-refractivity contribution in [3.05, 3.63) is 77.3 Å². The van der Waals surface area contributed by atoms with Gasteiger partial charge >= 0.3 is 11.9 Å². The summed E-state index contributed by atoms with van der Waals surface area (Å²) in [6.07, 6.45) is 0.755. The smallest absolute Gasteiger partial charge is 0.414 e. The second-order valence-corrected chi connectivity index (χ2v) is 6.32. The number of hydrogen-bond donors (Lipinski definition) is 3. The standard InChI is InChI=1S/C19H18ClNO.C2H2O4/c20-16-10-8-15(9-11-16)18(21)12-13-22-19-7-3-5-14-4-1-2-6-17(14)19;3-1(4)2(5)6/h1-11,18H,12-13,21H2;(H,3,4)(H,5,6). The predicted molar refractivity (Wildman–Crippen MR) is 108 cm³/mol. The molecule has 7 heteroatoms. The maximum absolute atomic E-state index is 9.10. The van der Waals surface area contributed by atoms with Crippen molar-refractivity contribution in [1.82, 2.24) is 0 Å². The number of hydrogen-bond acceptors (Lipinski definition) is 4. The van der Waals surface area contributed by atoms with Gasteiger partial charge in [-0.3, -0.25) is 0 Å². The highest BCUT2D eigenvalue weighted by atomic mass is 35.5. The average molecular weight is 402 g/mol. The molecule has 146 valence electrons. The number of benzene rings is 3. The van der Waals surface area contributed by atoms with E-state index in [1.165, 1.54) is 5.39 Å². The number of carboxylic acid groups (broad SMARTS) is 2. The molecule has 0 radical (unpaired) electrons. The lowest BCUT2D eigenvalue weighted by Crippen LogP contribution is -2.14. The normalized spacial score (nSPS) is 11.2. The Morgan fingerprint density at radius 3 is 2.18 bits per heavy atom. The number of nitrogens with two attached hydrogens (primary N) is 1. The van der Waals surface area contributed by atoms with Gasteiger partial charge < -0.3 is 20.7 Å². The lowest BCUT2D eigenvalue weighted by Gasteiger charge is -2.14. The van der Waals surface area contributed by atoms with Crippen LogP contribution in [0.4, 0.5) is 0 Å². The minimum absolute atomic E-state index is 0.0488. The topological polar surface area (TPSA) is 110 Å². The molecule has 3 aromatic carbocycles. The second kappa shape index (κ2) is 10.3. The summed E-state index contributed by atoms with van der Waals surface area (Å²) in [6, 6.07) is 21.9. The summed E-state index contributed by atoms with van der Waals surface area (Å²) in [5, 5.41) is 17.8. The number of halogens is 1. The number of ether oxygens (including phenoxy) is 1. The predicted octanol–water partition coefficient (Wildman–Crippen LogP) is 4.12. The first-order valence-electron chi connectivity index (χ1n) is 8.46. The van der Waals surface area contributed by atoms with Crippen LogP contribution in [0, 0.1) is 0 Å². The molecule has 1 unspecified atom stereocenters. The zero-order valence-corrected chi connectivity index (χ0v) is 15.7. The summed E-state index contributed by atoms with van der Waals surface area (Å²) in [5.41, 5.74) is 7.27. The molecule has 0 saturated heterocycles. The largest absolute Gasteiger partial charge is 0.493 e. The highest BCUT2D eigenvalue weighted by Crippen LogP contribution is 2.26. The lowest BCUT2D eigenvalue weighted by molar-refractivity contribution is -0.159. The summed E-state index contributed by atoms with van der Waals surface area (Å²) in [5.74, 6) is -2.74. The Morgan fingerprint density at radius 2 is 1.54 bits per heavy atom.